The number of aryl methyl sites for hydroxylation is 1. The van der Waals surface area contributed by atoms with Gasteiger partial charge in [0.05, 0.1) is 18.2 Å². The quantitative estimate of drug-likeness (QED) is 0.364. The minimum absolute atomic E-state index is 0.0959. The number of nitrogens with zero attached hydrogens (tertiary/aromatic N) is 2. The summed E-state index contributed by atoms with van der Waals surface area (Å²) in [5, 5.41) is 13.1. The maximum Gasteiger partial charge on any atom is 0.255 e. The third-order valence-corrected chi connectivity index (χ3v) is 7.54. The lowest BCUT2D eigenvalue weighted by Gasteiger charge is -2.38. The number of ether oxygens (including phenoxy) is 2. The van der Waals surface area contributed by atoms with Gasteiger partial charge in [0.2, 0.25) is 5.91 Å². The summed E-state index contributed by atoms with van der Waals surface area (Å²) in [5.74, 6) is 1.38. The van der Waals surface area contributed by atoms with E-state index in [9.17, 15) is 14.7 Å². The number of nitrogens with one attached hydrogen (secondary N) is 1. The lowest BCUT2D eigenvalue weighted by Crippen LogP contribution is -2.40. The molecule has 2 amide bonds. The lowest BCUT2D eigenvalue weighted by atomic mass is 9.87. The summed E-state index contributed by atoms with van der Waals surface area (Å²) in [4.78, 5) is 32.4. The Bertz CT molecular complexity index is 1570. The molecule has 3 aliphatic heterocycles. The first kappa shape index (κ1) is 26.4. The van der Waals surface area contributed by atoms with Crippen LogP contribution in [0.3, 0.4) is 0 Å². The van der Waals surface area contributed by atoms with Gasteiger partial charge < -0.3 is 24.8 Å². The van der Waals surface area contributed by atoms with E-state index in [1.165, 1.54) is 6.07 Å². The molecule has 8 nitrogen and oxygen atoms in total. The Morgan fingerprint density at radius 2 is 1.83 bits per heavy atom. The van der Waals surface area contributed by atoms with E-state index >= 15 is 0 Å². The Labute approximate surface area is 238 Å². The van der Waals surface area contributed by atoms with Gasteiger partial charge >= 0.3 is 0 Å². The van der Waals surface area contributed by atoms with Crippen LogP contribution < -0.4 is 14.8 Å². The van der Waals surface area contributed by atoms with Crippen LogP contribution in [0, 0.1) is 0 Å². The average Bonchev–Trinajstić information content (AvgIpc) is 3.00. The molecular formula is C33H31N3O5. The van der Waals surface area contributed by atoms with Gasteiger partial charge in [-0.25, -0.2) is 0 Å². The normalized spacial score (nSPS) is 16.5. The number of hydrogen-bond acceptors (Lipinski definition) is 6. The third kappa shape index (κ3) is 5.87. The van der Waals surface area contributed by atoms with Gasteiger partial charge in [-0.05, 0) is 96.1 Å². The molecule has 3 aromatic carbocycles. The molecule has 1 unspecified atom stereocenters. The number of phenols is 1. The second-order valence-corrected chi connectivity index (χ2v) is 10.3. The minimum Gasteiger partial charge on any atom is -0.507 e. The molecule has 0 spiro atoms. The molecule has 1 aromatic heterocycles. The maximum atomic E-state index is 13.7. The minimum atomic E-state index is -0.377. The van der Waals surface area contributed by atoms with E-state index in [0.29, 0.717) is 62.6 Å². The van der Waals surface area contributed by atoms with Crippen molar-refractivity contribution in [2.75, 3.05) is 19.7 Å². The average molecular weight is 550 g/mol. The molecule has 41 heavy (non-hydrogen) atoms. The van der Waals surface area contributed by atoms with Gasteiger partial charge in [-0.1, -0.05) is 18.2 Å². The number of rotatable bonds is 3. The Balaban J connectivity index is 1.36. The Morgan fingerprint density at radius 1 is 1.00 bits per heavy atom. The zero-order chi connectivity index (χ0) is 28.2. The predicted octanol–water partition coefficient (Wildman–Crippen LogP) is 5.20. The molecule has 0 saturated carbocycles. The molecule has 1 atom stereocenters. The second kappa shape index (κ2) is 11.7. The number of carbonyl (C=O) groups excluding carboxylic acids is 2. The molecule has 3 aliphatic rings. The van der Waals surface area contributed by atoms with Crippen molar-refractivity contribution in [1.29, 1.82) is 0 Å². The Morgan fingerprint density at radius 3 is 2.71 bits per heavy atom. The molecule has 4 heterocycles. The summed E-state index contributed by atoms with van der Waals surface area (Å²) >= 11 is 0. The van der Waals surface area contributed by atoms with E-state index in [0.717, 1.165) is 22.3 Å². The van der Waals surface area contributed by atoms with E-state index in [1.54, 1.807) is 24.5 Å². The van der Waals surface area contributed by atoms with Crippen molar-refractivity contribution in [3.05, 3.63) is 113 Å². The fourth-order valence-corrected chi connectivity index (χ4v) is 5.47. The van der Waals surface area contributed by atoms with Crippen LogP contribution in [0.5, 0.6) is 23.0 Å². The summed E-state index contributed by atoms with van der Waals surface area (Å²) < 4.78 is 12.2. The fourth-order valence-electron chi connectivity index (χ4n) is 5.47. The van der Waals surface area contributed by atoms with E-state index < -0.39 is 0 Å². The number of pyridine rings is 1. The van der Waals surface area contributed by atoms with E-state index in [4.69, 9.17) is 9.47 Å². The molecule has 4 aromatic rings. The third-order valence-electron chi connectivity index (χ3n) is 7.54. The molecule has 7 rings (SSSR count). The highest BCUT2D eigenvalue weighted by atomic mass is 16.5. The van der Waals surface area contributed by atoms with Gasteiger partial charge in [-0.15, -0.1) is 0 Å². The van der Waals surface area contributed by atoms with Crippen LogP contribution in [0.15, 0.2) is 85.2 Å². The van der Waals surface area contributed by atoms with Crippen molar-refractivity contribution in [3.8, 4) is 23.0 Å². The van der Waals surface area contributed by atoms with Crippen molar-refractivity contribution < 1.29 is 24.2 Å². The molecule has 8 bridgehead atoms. The molecule has 208 valence electrons. The summed E-state index contributed by atoms with van der Waals surface area (Å²) in [6.45, 7) is 1.36. The first-order chi connectivity index (χ1) is 20.0. The van der Waals surface area contributed by atoms with Gasteiger partial charge in [-0.2, -0.15) is 0 Å². The van der Waals surface area contributed by atoms with Gasteiger partial charge in [0.25, 0.3) is 5.91 Å². The smallest absolute Gasteiger partial charge is 0.255 e. The zero-order valence-corrected chi connectivity index (χ0v) is 22.6. The van der Waals surface area contributed by atoms with Crippen molar-refractivity contribution >= 4 is 11.8 Å². The van der Waals surface area contributed by atoms with Crippen molar-refractivity contribution in [2.45, 2.75) is 31.7 Å². The summed E-state index contributed by atoms with van der Waals surface area (Å²) in [7, 11) is 0. The summed E-state index contributed by atoms with van der Waals surface area (Å²) in [6.07, 6.45) is 5.83. The highest BCUT2D eigenvalue weighted by molar-refractivity contribution is 5.97. The summed E-state index contributed by atoms with van der Waals surface area (Å²) in [5.41, 5.74) is 4.35. The highest BCUT2D eigenvalue weighted by Crippen LogP contribution is 2.39. The molecule has 0 aliphatic carbocycles. The molecule has 0 fully saturated rings. The van der Waals surface area contributed by atoms with Crippen LogP contribution in [0.4, 0.5) is 0 Å². The van der Waals surface area contributed by atoms with Crippen molar-refractivity contribution in [1.82, 2.24) is 15.2 Å². The number of aromatic nitrogens is 1. The monoisotopic (exact) mass is 549 g/mol. The predicted molar refractivity (Wildman–Crippen MR) is 153 cm³/mol. The number of hydrogen-bond donors (Lipinski definition) is 2. The lowest BCUT2D eigenvalue weighted by molar-refractivity contribution is -0.133. The SMILES string of the molecule is O=C1NCCCOc2cccc(c2)C2c3ccc(cc3CCN2C(=O)CCc2ccncc2)Oc2ccc(O)c1c2. The first-order valence-corrected chi connectivity index (χ1v) is 13.9. The fraction of sp³-hybridized carbons (Fsp3) is 0.242. The van der Waals surface area contributed by atoms with Crippen LogP contribution in [-0.4, -0.2) is 46.5 Å². The van der Waals surface area contributed by atoms with Crippen LogP contribution in [0.25, 0.3) is 0 Å². The van der Waals surface area contributed by atoms with E-state index in [1.807, 2.05) is 59.5 Å². The first-order valence-electron chi connectivity index (χ1n) is 13.9. The number of amides is 2. The number of carbonyl (C=O) groups is 2. The summed E-state index contributed by atoms with van der Waals surface area (Å²) in [6, 6.07) is 22.0. The zero-order valence-electron chi connectivity index (χ0n) is 22.6. The maximum absolute atomic E-state index is 13.7. The molecule has 0 saturated heterocycles. The van der Waals surface area contributed by atoms with E-state index in [2.05, 4.69) is 10.3 Å². The van der Waals surface area contributed by atoms with Crippen LogP contribution in [0.2, 0.25) is 0 Å². The second-order valence-electron chi connectivity index (χ2n) is 10.3. The Kier molecular flexibility index (Phi) is 7.54. The topological polar surface area (TPSA) is 101 Å². The van der Waals surface area contributed by atoms with Crippen LogP contribution in [-0.2, 0) is 17.6 Å². The van der Waals surface area contributed by atoms with Gasteiger partial charge in [0.1, 0.15) is 23.0 Å². The number of fused-ring (bicyclic) bond motifs is 6. The standard InChI is InChI=1S/C33H31N3O5/c37-30-9-7-27-21-29(30)33(39)35-14-2-18-40-25-4-1-3-24(20-25)32-28-8-6-26(41-27)19-23(28)13-17-36(32)31(38)10-5-22-11-15-34-16-12-22/h1,3-4,6-9,11-12,15-16,19-21,32,37H,2,5,10,13-14,17-18H2,(H,35,39). The highest BCUT2D eigenvalue weighted by Gasteiger charge is 2.32. The largest absolute Gasteiger partial charge is 0.507 e. The van der Waals surface area contributed by atoms with Crippen LogP contribution >= 0.6 is 0 Å². The number of benzene rings is 3. The van der Waals surface area contributed by atoms with Crippen molar-refractivity contribution in [3.63, 3.8) is 0 Å². The number of phenolic OH excluding ortho intramolecular Hbond substituents is 1. The Hall–Kier alpha value is -4.85. The molecule has 2 N–H and O–H groups in total. The molecule has 0 radical (unpaired) electrons. The van der Waals surface area contributed by atoms with Crippen LogP contribution in [0.1, 0.15) is 51.5 Å². The van der Waals surface area contributed by atoms with Gasteiger partial charge in [-0.3, -0.25) is 14.6 Å². The number of aromatic hydroxyl groups is 1. The van der Waals surface area contributed by atoms with E-state index in [-0.39, 0.29) is 29.2 Å². The van der Waals surface area contributed by atoms with Gasteiger partial charge in [0, 0.05) is 31.9 Å². The van der Waals surface area contributed by atoms with Gasteiger partial charge in [0.15, 0.2) is 0 Å². The molecule has 8 heteroatoms. The molecular weight excluding hydrogens is 518 g/mol. The van der Waals surface area contributed by atoms with Crippen molar-refractivity contribution in [2.24, 2.45) is 0 Å².